The number of halogens is 1. The van der Waals surface area contributed by atoms with E-state index in [4.69, 9.17) is 4.74 Å². The van der Waals surface area contributed by atoms with Crippen molar-refractivity contribution in [1.82, 2.24) is 30.1 Å². The lowest BCUT2D eigenvalue weighted by atomic mass is 9.88. The Labute approximate surface area is 183 Å². The van der Waals surface area contributed by atoms with Gasteiger partial charge < -0.3 is 15.4 Å². The van der Waals surface area contributed by atoms with Crippen LogP contribution >= 0.6 is 24.0 Å². The molecule has 0 spiro atoms. The summed E-state index contributed by atoms with van der Waals surface area (Å²) in [7, 11) is 1.81. The fraction of sp³-hybridized carbons (Fsp3) is 0.632. The summed E-state index contributed by atoms with van der Waals surface area (Å²) in [5.74, 6) is 1.67. The number of nitrogens with zero attached hydrogens (tertiary/aromatic N) is 5. The van der Waals surface area contributed by atoms with Gasteiger partial charge in [-0.2, -0.15) is 0 Å². The van der Waals surface area contributed by atoms with Gasteiger partial charge in [-0.25, -0.2) is 0 Å². The molecule has 8 nitrogen and oxygen atoms in total. The van der Waals surface area contributed by atoms with Crippen LogP contribution in [0.25, 0.3) is 5.65 Å². The highest BCUT2D eigenvalue weighted by molar-refractivity contribution is 14.0. The summed E-state index contributed by atoms with van der Waals surface area (Å²) in [5.41, 5.74) is 1.03. The maximum Gasteiger partial charge on any atom is 0.191 e. The first-order valence-corrected chi connectivity index (χ1v) is 9.87. The van der Waals surface area contributed by atoms with Crippen molar-refractivity contribution in [3.05, 3.63) is 30.2 Å². The molecular formula is C19H30IN7O. The molecule has 0 saturated carbocycles. The van der Waals surface area contributed by atoms with Gasteiger partial charge in [0.25, 0.3) is 0 Å². The van der Waals surface area contributed by atoms with Crippen LogP contribution in [0.15, 0.2) is 29.4 Å². The standard InChI is InChI=1S/C19H29N7O.HI/c1-20-18(21-14-17-24-23-16-6-2-3-11-26(16)17)22-15-19(7-12-27-13-8-19)25-9-4-5-10-25;/h2-3,6,11H,4-5,7-10,12-15H2,1H3,(H2,20,21,22);1H. The van der Waals surface area contributed by atoms with E-state index in [0.29, 0.717) is 6.54 Å². The van der Waals surface area contributed by atoms with Gasteiger partial charge in [0.2, 0.25) is 0 Å². The molecule has 2 fully saturated rings. The summed E-state index contributed by atoms with van der Waals surface area (Å²) in [6.07, 6.45) is 6.73. The average molecular weight is 499 g/mol. The van der Waals surface area contributed by atoms with Gasteiger partial charge in [-0.3, -0.25) is 14.3 Å². The third-order valence-electron chi connectivity index (χ3n) is 5.81. The summed E-state index contributed by atoms with van der Waals surface area (Å²) >= 11 is 0. The van der Waals surface area contributed by atoms with Crippen molar-refractivity contribution in [3.63, 3.8) is 0 Å². The molecule has 28 heavy (non-hydrogen) atoms. The number of pyridine rings is 1. The minimum atomic E-state index is 0. The van der Waals surface area contributed by atoms with Crippen molar-refractivity contribution in [2.45, 2.75) is 37.8 Å². The lowest BCUT2D eigenvalue weighted by molar-refractivity contribution is -0.0164. The van der Waals surface area contributed by atoms with Crippen LogP contribution in [0, 0.1) is 0 Å². The second-order valence-electron chi connectivity index (χ2n) is 7.36. The maximum atomic E-state index is 5.64. The molecule has 154 valence electrons. The van der Waals surface area contributed by atoms with E-state index >= 15 is 0 Å². The second kappa shape index (κ2) is 9.84. The molecule has 4 rings (SSSR count). The van der Waals surface area contributed by atoms with Crippen molar-refractivity contribution >= 4 is 35.6 Å². The Hall–Kier alpha value is -1.46. The largest absolute Gasteiger partial charge is 0.381 e. The van der Waals surface area contributed by atoms with Gasteiger partial charge in [0.1, 0.15) is 0 Å². The van der Waals surface area contributed by atoms with E-state index in [-0.39, 0.29) is 29.5 Å². The topological polar surface area (TPSA) is 79.1 Å². The molecular weight excluding hydrogens is 469 g/mol. The number of hydrogen-bond donors (Lipinski definition) is 2. The van der Waals surface area contributed by atoms with E-state index in [0.717, 1.165) is 50.0 Å². The van der Waals surface area contributed by atoms with Gasteiger partial charge in [-0.15, -0.1) is 34.2 Å². The molecule has 2 aromatic heterocycles. The van der Waals surface area contributed by atoms with Crippen LogP contribution < -0.4 is 10.6 Å². The van der Waals surface area contributed by atoms with Gasteiger partial charge >= 0.3 is 0 Å². The molecule has 9 heteroatoms. The third-order valence-corrected chi connectivity index (χ3v) is 5.81. The zero-order valence-electron chi connectivity index (χ0n) is 16.4. The van der Waals surface area contributed by atoms with E-state index in [9.17, 15) is 0 Å². The number of nitrogens with one attached hydrogen (secondary N) is 2. The molecule has 0 unspecified atom stereocenters. The Morgan fingerprint density at radius 3 is 2.71 bits per heavy atom. The molecule has 2 saturated heterocycles. The first kappa shape index (κ1) is 21.3. The number of likely N-dealkylation sites (tertiary alicyclic amines) is 1. The number of aliphatic imine (C=N–C) groups is 1. The summed E-state index contributed by atoms with van der Waals surface area (Å²) < 4.78 is 7.63. The SMILES string of the molecule is CN=C(NCc1nnc2ccccn12)NCC1(N2CCCC2)CCOCC1.I. The zero-order chi connectivity index (χ0) is 18.5. The quantitative estimate of drug-likeness (QED) is 0.370. The van der Waals surface area contributed by atoms with Crippen LogP contribution in [-0.4, -0.2) is 70.9 Å². The molecule has 0 radical (unpaired) electrons. The molecule has 0 bridgehead atoms. The van der Waals surface area contributed by atoms with Gasteiger partial charge in [-0.1, -0.05) is 6.07 Å². The maximum absolute atomic E-state index is 5.64. The summed E-state index contributed by atoms with van der Waals surface area (Å²) in [5, 5.41) is 15.4. The predicted octanol–water partition coefficient (Wildman–Crippen LogP) is 1.66. The summed E-state index contributed by atoms with van der Waals surface area (Å²) in [6, 6.07) is 5.90. The zero-order valence-corrected chi connectivity index (χ0v) is 18.8. The van der Waals surface area contributed by atoms with E-state index in [1.165, 1.54) is 25.9 Å². The third kappa shape index (κ3) is 4.57. The highest BCUT2D eigenvalue weighted by Gasteiger charge is 2.39. The van der Waals surface area contributed by atoms with Gasteiger partial charge in [-0.05, 0) is 50.9 Å². The van der Waals surface area contributed by atoms with E-state index in [2.05, 4.69) is 30.7 Å². The average Bonchev–Trinajstić information content (AvgIpc) is 3.40. The van der Waals surface area contributed by atoms with Crippen LogP contribution in [0.2, 0.25) is 0 Å². The molecule has 2 aliphatic heterocycles. The normalized spacial score (nSPS) is 20.1. The molecule has 2 N–H and O–H groups in total. The smallest absolute Gasteiger partial charge is 0.191 e. The van der Waals surface area contributed by atoms with Crippen molar-refractivity contribution in [2.75, 3.05) is 39.9 Å². The monoisotopic (exact) mass is 499 g/mol. The van der Waals surface area contributed by atoms with Gasteiger partial charge in [0, 0.05) is 38.5 Å². The van der Waals surface area contributed by atoms with Crippen LogP contribution in [0.5, 0.6) is 0 Å². The van der Waals surface area contributed by atoms with Crippen molar-refractivity contribution < 1.29 is 4.74 Å². The van der Waals surface area contributed by atoms with E-state index < -0.39 is 0 Å². The Morgan fingerprint density at radius 2 is 1.96 bits per heavy atom. The summed E-state index contributed by atoms with van der Waals surface area (Å²) in [6.45, 7) is 5.53. The first-order chi connectivity index (χ1) is 13.3. The lowest BCUT2D eigenvalue weighted by Crippen LogP contribution is -2.58. The van der Waals surface area contributed by atoms with Crippen LogP contribution in [0.1, 0.15) is 31.5 Å². The van der Waals surface area contributed by atoms with Crippen LogP contribution in [0.3, 0.4) is 0 Å². The van der Waals surface area contributed by atoms with E-state index in [1.807, 2.05) is 35.8 Å². The van der Waals surface area contributed by atoms with E-state index in [1.54, 1.807) is 0 Å². The molecule has 4 heterocycles. The second-order valence-corrected chi connectivity index (χ2v) is 7.36. The molecule has 2 aliphatic rings. The predicted molar refractivity (Wildman–Crippen MR) is 120 cm³/mol. The molecule has 2 aromatic rings. The Kier molecular flexibility index (Phi) is 7.47. The lowest BCUT2D eigenvalue weighted by Gasteiger charge is -2.45. The molecule has 0 amide bonds. The minimum Gasteiger partial charge on any atom is -0.381 e. The number of ether oxygens (including phenoxy) is 1. The molecule has 0 aromatic carbocycles. The van der Waals surface area contributed by atoms with Crippen molar-refractivity contribution in [1.29, 1.82) is 0 Å². The highest BCUT2D eigenvalue weighted by atomic mass is 127. The minimum absolute atomic E-state index is 0. The number of hydrogen-bond acceptors (Lipinski definition) is 5. The van der Waals surface area contributed by atoms with Gasteiger partial charge in [0.15, 0.2) is 17.4 Å². The first-order valence-electron chi connectivity index (χ1n) is 9.87. The van der Waals surface area contributed by atoms with Gasteiger partial charge in [0.05, 0.1) is 6.54 Å². The number of rotatable bonds is 5. The Morgan fingerprint density at radius 1 is 1.18 bits per heavy atom. The van der Waals surface area contributed by atoms with Crippen molar-refractivity contribution in [2.24, 2.45) is 4.99 Å². The van der Waals surface area contributed by atoms with Crippen molar-refractivity contribution in [3.8, 4) is 0 Å². The number of aromatic nitrogens is 3. The fourth-order valence-corrected chi connectivity index (χ4v) is 4.19. The Bertz CT molecular complexity index is 781. The summed E-state index contributed by atoms with van der Waals surface area (Å²) in [4.78, 5) is 7.05. The van der Waals surface area contributed by atoms with Crippen LogP contribution in [-0.2, 0) is 11.3 Å². The number of fused-ring (bicyclic) bond motifs is 1. The number of guanidine groups is 1. The molecule has 0 atom stereocenters. The fourth-order valence-electron chi connectivity index (χ4n) is 4.19. The molecule has 0 aliphatic carbocycles. The van der Waals surface area contributed by atoms with Crippen LogP contribution in [0.4, 0.5) is 0 Å². The highest BCUT2D eigenvalue weighted by Crippen LogP contribution is 2.30. The Balaban J connectivity index is 0.00000225.